The minimum absolute atomic E-state index is 0.0810. The number of carboxylic acid groups (broad SMARTS) is 2. The lowest BCUT2D eigenvalue weighted by Gasteiger charge is -2.42. The summed E-state index contributed by atoms with van der Waals surface area (Å²) in [5.74, 6) is -1.31. The molecule has 0 heterocycles. The van der Waals surface area contributed by atoms with Gasteiger partial charge in [-0.15, -0.1) is 0 Å². The molecule has 166 valence electrons. The molecule has 4 N–H and O–H groups in total. The number of aliphatic hydroxyl groups is 2. The highest BCUT2D eigenvalue weighted by atomic mass is 16.4. The molecule has 2 atom stereocenters. The highest BCUT2D eigenvalue weighted by Gasteiger charge is 2.43. The van der Waals surface area contributed by atoms with Crippen molar-refractivity contribution in [1.29, 1.82) is 0 Å². The van der Waals surface area contributed by atoms with Crippen molar-refractivity contribution in [2.45, 2.75) is 52.7 Å². The van der Waals surface area contributed by atoms with E-state index in [4.69, 9.17) is 10.2 Å². The Hall–Kier alpha value is -2.70. The van der Waals surface area contributed by atoms with E-state index >= 15 is 0 Å². The largest absolute Gasteiger partial charge is 0.478 e. The zero-order valence-corrected chi connectivity index (χ0v) is 18.5. The van der Waals surface area contributed by atoms with Crippen molar-refractivity contribution in [3.05, 3.63) is 71.8 Å². The third-order valence-electron chi connectivity index (χ3n) is 5.17. The molecule has 0 bridgehead atoms. The second-order valence-electron chi connectivity index (χ2n) is 8.08. The molecule has 0 aliphatic heterocycles. The van der Waals surface area contributed by atoms with E-state index in [2.05, 4.69) is 0 Å². The van der Waals surface area contributed by atoms with Crippen LogP contribution in [0.25, 0.3) is 0 Å². The van der Waals surface area contributed by atoms with Crippen molar-refractivity contribution < 1.29 is 30.0 Å². The predicted octanol–water partition coefficient (Wildman–Crippen LogP) is 4.57. The molecule has 30 heavy (non-hydrogen) atoms. The number of carboxylic acids is 2. The van der Waals surface area contributed by atoms with Gasteiger partial charge in [0, 0.05) is 0 Å². The van der Waals surface area contributed by atoms with E-state index in [1.54, 1.807) is 81.4 Å². The fraction of sp³-hybridized carbons (Fsp3) is 0.417. The van der Waals surface area contributed by atoms with Crippen LogP contribution in [0.5, 0.6) is 0 Å². The Kier molecular flexibility index (Phi) is 11.0. The number of carbonyl (C=O) groups is 2. The first-order valence-electron chi connectivity index (χ1n) is 9.73. The highest BCUT2D eigenvalue weighted by molar-refractivity contribution is 5.87. The van der Waals surface area contributed by atoms with Gasteiger partial charge < -0.3 is 20.4 Å². The molecule has 6 heteroatoms. The molecule has 2 aromatic carbocycles. The Balaban J connectivity index is 0.000000426. The summed E-state index contributed by atoms with van der Waals surface area (Å²) in [6, 6.07) is 16.6. The van der Waals surface area contributed by atoms with Crippen LogP contribution in [-0.4, -0.2) is 43.6 Å². The number of hydrogen-bond donors (Lipinski definition) is 4. The van der Waals surface area contributed by atoms with E-state index in [0.717, 1.165) is 0 Å². The van der Waals surface area contributed by atoms with Gasteiger partial charge in [0.05, 0.1) is 22.3 Å². The van der Waals surface area contributed by atoms with Gasteiger partial charge in [-0.25, -0.2) is 9.59 Å². The van der Waals surface area contributed by atoms with Crippen molar-refractivity contribution in [3.8, 4) is 0 Å². The summed E-state index contributed by atoms with van der Waals surface area (Å²) in [6.45, 7) is 11.0. The first-order chi connectivity index (χ1) is 13.7. The van der Waals surface area contributed by atoms with Gasteiger partial charge in [-0.05, 0) is 56.9 Å². The molecule has 0 aromatic heterocycles. The summed E-state index contributed by atoms with van der Waals surface area (Å²) < 4.78 is 0. The monoisotopic (exact) mass is 418 g/mol. The van der Waals surface area contributed by atoms with Crippen LogP contribution in [0.15, 0.2) is 60.7 Å². The van der Waals surface area contributed by atoms with Crippen LogP contribution < -0.4 is 0 Å². The Morgan fingerprint density at radius 3 is 1.13 bits per heavy atom. The van der Waals surface area contributed by atoms with Crippen LogP contribution in [0.4, 0.5) is 0 Å². The van der Waals surface area contributed by atoms with Gasteiger partial charge in [-0.1, -0.05) is 57.2 Å². The topological polar surface area (TPSA) is 115 Å². The second-order valence-corrected chi connectivity index (χ2v) is 8.08. The summed E-state index contributed by atoms with van der Waals surface area (Å²) in [5, 5.41) is 36.5. The molecule has 2 rings (SSSR count). The lowest BCUT2D eigenvalue weighted by Crippen LogP contribution is -2.53. The van der Waals surface area contributed by atoms with Gasteiger partial charge in [-0.3, -0.25) is 0 Å². The van der Waals surface area contributed by atoms with Crippen molar-refractivity contribution in [2.24, 2.45) is 11.8 Å². The van der Waals surface area contributed by atoms with E-state index in [1.807, 2.05) is 20.8 Å². The molecule has 0 radical (unpaired) electrons. The first-order valence-corrected chi connectivity index (χ1v) is 9.73. The zero-order valence-electron chi connectivity index (χ0n) is 18.5. The molecule has 0 fully saturated rings. The molecule has 0 spiro atoms. The van der Waals surface area contributed by atoms with Crippen molar-refractivity contribution in [1.82, 2.24) is 0 Å². The van der Waals surface area contributed by atoms with Crippen LogP contribution in [0, 0.1) is 11.8 Å². The smallest absolute Gasteiger partial charge is 0.335 e. The fourth-order valence-corrected chi connectivity index (χ4v) is 2.37. The first kappa shape index (κ1) is 27.3. The fourth-order valence-electron chi connectivity index (χ4n) is 2.37. The molecular weight excluding hydrogens is 384 g/mol. The number of benzene rings is 2. The maximum absolute atomic E-state index is 10.2. The SMILES string of the molecule is CC(C)C(C)C(C)(O)C(C)(C)O.O=C(O)c1ccccc1.O=C(O)c1ccccc1. The van der Waals surface area contributed by atoms with Gasteiger partial charge in [0.1, 0.15) is 0 Å². The molecule has 2 aromatic rings. The van der Waals surface area contributed by atoms with Gasteiger partial charge in [-0.2, -0.15) is 0 Å². The summed E-state index contributed by atoms with van der Waals surface area (Å²) in [5.41, 5.74) is -1.41. The lowest BCUT2D eigenvalue weighted by atomic mass is 9.73. The maximum Gasteiger partial charge on any atom is 0.335 e. The van der Waals surface area contributed by atoms with Gasteiger partial charge in [0.25, 0.3) is 0 Å². The Bertz CT molecular complexity index is 712. The third kappa shape index (κ3) is 9.20. The van der Waals surface area contributed by atoms with Gasteiger partial charge >= 0.3 is 11.9 Å². The molecule has 2 unspecified atom stereocenters. The lowest BCUT2D eigenvalue weighted by molar-refractivity contribution is -0.156. The molecule has 6 nitrogen and oxygen atoms in total. The van der Waals surface area contributed by atoms with Gasteiger partial charge in [0.15, 0.2) is 0 Å². The summed E-state index contributed by atoms with van der Waals surface area (Å²) in [4.78, 5) is 20.4. The summed E-state index contributed by atoms with van der Waals surface area (Å²) in [7, 11) is 0. The molecule has 0 aliphatic carbocycles. The predicted molar refractivity (Wildman–Crippen MR) is 118 cm³/mol. The van der Waals surface area contributed by atoms with Crippen LogP contribution in [0.1, 0.15) is 62.3 Å². The average Bonchev–Trinajstić information content (AvgIpc) is 2.68. The standard InChI is InChI=1S/C10H22O2.2C7H6O2/c1-7(2)8(3)10(6,12)9(4,5)11;2*8-7(9)6-4-2-1-3-5-6/h7-8,11-12H,1-6H3;2*1-5H,(H,8,9). The summed E-state index contributed by atoms with van der Waals surface area (Å²) in [6.07, 6.45) is 0. The van der Waals surface area contributed by atoms with E-state index in [1.165, 1.54) is 0 Å². The van der Waals surface area contributed by atoms with Crippen LogP contribution in [0.2, 0.25) is 0 Å². The van der Waals surface area contributed by atoms with Crippen molar-refractivity contribution in [2.75, 3.05) is 0 Å². The normalized spacial score (nSPS) is 13.6. The van der Waals surface area contributed by atoms with Crippen LogP contribution in [-0.2, 0) is 0 Å². The Morgan fingerprint density at radius 2 is 1.00 bits per heavy atom. The average molecular weight is 419 g/mol. The minimum Gasteiger partial charge on any atom is -0.478 e. The maximum atomic E-state index is 10.2. The van der Waals surface area contributed by atoms with E-state index in [-0.39, 0.29) is 5.92 Å². The zero-order chi connectivity index (χ0) is 23.5. The van der Waals surface area contributed by atoms with E-state index in [0.29, 0.717) is 17.0 Å². The Morgan fingerprint density at radius 1 is 0.700 bits per heavy atom. The van der Waals surface area contributed by atoms with E-state index < -0.39 is 23.1 Å². The van der Waals surface area contributed by atoms with Crippen molar-refractivity contribution in [3.63, 3.8) is 0 Å². The van der Waals surface area contributed by atoms with Crippen LogP contribution >= 0.6 is 0 Å². The second kappa shape index (κ2) is 12.1. The van der Waals surface area contributed by atoms with Crippen LogP contribution in [0.3, 0.4) is 0 Å². The Labute approximate surface area is 178 Å². The minimum atomic E-state index is -1.04. The van der Waals surface area contributed by atoms with Crippen molar-refractivity contribution >= 4 is 11.9 Å². The highest BCUT2D eigenvalue weighted by Crippen LogP contribution is 2.33. The number of hydrogen-bond acceptors (Lipinski definition) is 4. The van der Waals surface area contributed by atoms with Gasteiger partial charge in [0.2, 0.25) is 0 Å². The number of aromatic carboxylic acids is 2. The third-order valence-corrected chi connectivity index (χ3v) is 5.17. The molecule has 0 saturated carbocycles. The quantitative estimate of drug-likeness (QED) is 0.565. The number of rotatable bonds is 5. The molecule has 0 aliphatic rings. The molecular formula is C24H34O6. The molecule has 0 saturated heterocycles. The summed E-state index contributed by atoms with van der Waals surface area (Å²) >= 11 is 0. The van der Waals surface area contributed by atoms with E-state index in [9.17, 15) is 19.8 Å². The molecule has 0 amide bonds.